The zero-order valence-corrected chi connectivity index (χ0v) is 21.0. The van der Waals surface area contributed by atoms with Gasteiger partial charge in [-0.05, 0) is 61.9 Å². The molecule has 4 rings (SSSR count). The van der Waals surface area contributed by atoms with Gasteiger partial charge in [-0.3, -0.25) is 9.59 Å². The molecule has 4 N–H and O–H groups in total. The van der Waals surface area contributed by atoms with Gasteiger partial charge < -0.3 is 15.3 Å². The van der Waals surface area contributed by atoms with Crippen LogP contribution in [0.3, 0.4) is 0 Å². The predicted molar refractivity (Wildman–Crippen MR) is 144 cm³/mol. The van der Waals surface area contributed by atoms with Crippen LogP contribution in [0.5, 0.6) is 0 Å². The van der Waals surface area contributed by atoms with Crippen LogP contribution in [0.25, 0.3) is 10.2 Å². The monoisotopic (exact) mass is 503 g/mol. The van der Waals surface area contributed by atoms with E-state index in [1.807, 2.05) is 18.2 Å². The molecule has 0 saturated carbocycles. The second-order valence-corrected chi connectivity index (χ2v) is 9.12. The lowest BCUT2D eigenvalue weighted by atomic mass is 9.99. The van der Waals surface area contributed by atoms with Crippen molar-refractivity contribution in [2.45, 2.75) is 26.0 Å². The zero-order chi connectivity index (χ0) is 25.7. The molecule has 4 aromatic rings. The summed E-state index contributed by atoms with van der Waals surface area (Å²) < 4.78 is 0.867. The van der Waals surface area contributed by atoms with E-state index in [1.54, 1.807) is 60.1 Å². The number of rotatable bonds is 9. The molecule has 2 unspecified atom stereocenters. The number of amides is 2. The normalized spacial score (nSPS) is 12.7. The fraction of sp³-hybridized carbons (Fsp3) is 0.222. The molecule has 1 aromatic heterocycles. The Hall–Kier alpha value is -3.79. The molecule has 0 aliphatic carbocycles. The summed E-state index contributed by atoms with van der Waals surface area (Å²) in [4.78, 5) is 32.8. The molecule has 8 nitrogen and oxygen atoms in total. The number of nitrogens with two attached hydrogens (primary N) is 1. The standard InChI is InChI=1S/C27H29N5O3S/c1-3-31(4-2)20-12-10-19(11-13-20)26(34)30-24(18-8-6-5-7-9-18)25(33)27(35)32(28)21-14-15-22-23(16-21)36-17-29-22/h5-17,24-25,33H,3-4,28H2,1-2H3,(H,30,34). The van der Waals surface area contributed by atoms with Gasteiger partial charge in [0.1, 0.15) is 0 Å². The first-order valence-electron chi connectivity index (χ1n) is 11.7. The number of hydrogen-bond donors (Lipinski definition) is 3. The molecule has 0 aliphatic rings. The number of carbonyl (C=O) groups is 2. The van der Waals surface area contributed by atoms with E-state index in [2.05, 4.69) is 29.0 Å². The Kier molecular flexibility index (Phi) is 7.94. The summed E-state index contributed by atoms with van der Waals surface area (Å²) in [5, 5.41) is 14.8. The first-order chi connectivity index (χ1) is 17.4. The molecule has 0 bridgehead atoms. The number of fused-ring (bicyclic) bond motifs is 1. The third-order valence-corrected chi connectivity index (χ3v) is 6.89. The van der Waals surface area contributed by atoms with Crippen LogP contribution in [0.2, 0.25) is 0 Å². The number of nitrogens with zero attached hydrogens (tertiary/aromatic N) is 3. The van der Waals surface area contributed by atoms with Gasteiger partial charge in [0.05, 0.1) is 27.5 Å². The van der Waals surface area contributed by atoms with Gasteiger partial charge in [0, 0.05) is 24.3 Å². The lowest BCUT2D eigenvalue weighted by Crippen LogP contribution is -2.50. The smallest absolute Gasteiger partial charge is 0.272 e. The SMILES string of the molecule is CCN(CC)c1ccc(C(=O)NC(c2ccccc2)C(O)C(=O)N(N)c2ccc3ncsc3c2)cc1. The van der Waals surface area contributed by atoms with Crippen LogP contribution in [-0.4, -0.2) is 41.1 Å². The van der Waals surface area contributed by atoms with Gasteiger partial charge in [0.15, 0.2) is 6.10 Å². The average molecular weight is 504 g/mol. The summed E-state index contributed by atoms with van der Waals surface area (Å²) in [6.07, 6.45) is -1.62. The highest BCUT2D eigenvalue weighted by atomic mass is 32.1. The summed E-state index contributed by atoms with van der Waals surface area (Å²) in [6, 6.07) is 20.3. The minimum atomic E-state index is -1.62. The van der Waals surface area contributed by atoms with Crippen LogP contribution < -0.4 is 21.1 Å². The van der Waals surface area contributed by atoms with Crippen LogP contribution in [0.15, 0.2) is 78.3 Å². The summed E-state index contributed by atoms with van der Waals surface area (Å²) in [5.41, 5.74) is 4.95. The second-order valence-electron chi connectivity index (χ2n) is 8.24. The zero-order valence-electron chi connectivity index (χ0n) is 20.2. The van der Waals surface area contributed by atoms with Gasteiger partial charge >= 0.3 is 0 Å². The van der Waals surface area contributed by atoms with Crippen molar-refractivity contribution in [1.29, 1.82) is 0 Å². The number of hydrogen-bond acceptors (Lipinski definition) is 7. The molecule has 2 amide bonds. The van der Waals surface area contributed by atoms with E-state index in [0.29, 0.717) is 16.8 Å². The Bertz CT molecular complexity index is 1320. The Labute approximate surface area is 214 Å². The molecule has 0 aliphatic heterocycles. The van der Waals surface area contributed by atoms with E-state index < -0.39 is 24.0 Å². The van der Waals surface area contributed by atoms with E-state index in [-0.39, 0.29) is 0 Å². The number of thiazole rings is 1. The fourth-order valence-corrected chi connectivity index (χ4v) is 4.76. The number of aliphatic hydroxyl groups excluding tert-OH is 1. The van der Waals surface area contributed by atoms with Crippen molar-refractivity contribution < 1.29 is 14.7 Å². The number of aromatic nitrogens is 1. The molecule has 0 radical (unpaired) electrons. The molecule has 9 heteroatoms. The Morgan fingerprint density at radius 1 is 1.00 bits per heavy atom. The highest BCUT2D eigenvalue weighted by molar-refractivity contribution is 7.16. The number of anilines is 2. The van der Waals surface area contributed by atoms with Crippen molar-refractivity contribution in [1.82, 2.24) is 10.3 Å². The lowest BCUT2D eigenvalue weighted by Gasteiger charge is -2.27. The van der Waals surface area contributed by atoms with Gasteiger partial charge in [-0.25, -0.2) is 15.8 Å². The summed E-state index contributed by atoms with van der Waals surface area (Å²) in [7, 11) is 0. The first-order valence-corrected chi connectivity index (χ1v) is 12.6. The van der Waals surface area contributed by atoms with Crippen LogP contribution in [-0.2, 0) is 4.79 Å². The molecule has 0 saturated heterocycles. The van der Waals surface area contributed by atoms with Crippen molar-refractivity contribution in [3.8, 4) is 0 Å². The van der Waals surface area contributed by atoms with Crippen LogP contribution in [0.1, 0.15) is 35.8 Å². The second kappa shape index (κ2) is 11.3. The third kappa shape index (κ3) is 5.38. The molecule has 3 aromatic carbocycles. The lowest BCUT2D eigenvalue weighted by molar-refractivity contribution is -0.128. The third-order valence-electron chi connectivity index (χ3n) is 6.10. The minimum absolute atomic E-state index is 0.406. The maximum atomic E-state index is 13.2. The van der Waals surface area contributed by atoms with Crippen molar-refractivity contribution >= 4 is 44.7 Å². The maximum Gasteiger partial charge on any atom is 0.272 e. The maximum absolute atomic E-state index is 13.2. The molecule has 186 valence electrons. The number of benzene rings is 3. The van der Waals surface area contributed by atoms with E-state index >= 15 is 0 Å². The summed E-state index contributed by atoms with van der Waals surface area (Å²) >= 11 is 1.43. The van der Waals surface area contributed by atoms with Crippen molar-refractivity contribution in [2.24, 2.45) is 5.84 Å². The van der Waals surface area contributed by atoms with Crippen molar-refractivity contribution in [3.05, 3.63) is 89.4 Å². The molecule has 0 fully saturated rings. The molecule has 1 heterocycles. The van der Waals surface area contributed by atoms with Crippen molar-refractivity contribution in [3.63, 3.8) is 0 Å². The minimum Gasteiger partial charge on any atom is -0.381 e. The molecular formula is C27H29N5O3S. The van der Waals surface area contributed by atoms with Gasteiger partial charge in [0.2, 0.25) is 0 Å². The first kappa shape index (κ1) is 25.3. The van der Waals surface area contributed by atoms with Crippen LogP contribution in [0, 0.1) is 0 Å². The van der Waals surface area contributed by atoms with E-state index in [9.17, 15) is 14.7 Å². The summed E-state index contributed by atoms with van der Waals surface area (Å²) in [6.45, 7) is 5.86. The van der Waals surface area contributed by atoms with E-state index in [4.69, 9.17) is 5.84 Å². The largest absolute Gasteiger partial charge is 0.381 e. The van der Waals surface area contributed by atoms with Crippen LogP contribution in [0.4, 0.5) is 11.4 Å². The molecule has 36 heavy (non-hydrogen) atoms. The summed E-state index contributed by atoms with van der Waals surface area (Å²) in [5.74, 6) is 4.97. The molecule has 2 atom stereocenters. The number of aliphatic hydroxyl groups is 1. The quantitative estimate of drug-likeness (QED) is 0.182. The fourth-order valence-electron chi connectivity index (χ4n) is 4.05. The van der Waals surface area contributed by atoms with Crippen molar-refractivity contribution in [2.75, 3.05) is 23.0 Å². The topological polar surface area (TPSA) is 112 Å². The molecule has 0 spiro atoms. The average Bonchev–Trinajstić information content (AvgIpc) is 3.40. The van der Waals surface area contributed by atoms with E-state index in [0.717, 1.165) is 34.0 Å². The Morgan fingerprint density at radius 3 is 2.33 bits per heavy atom. The Morgan fingerprint density at radius 2 is 1.67 bits per heavy atom. The highest BCUT2D eigenvalue weighted by Crippen LogP contribution is 2.26. The highest BCUT2D eigenvalue weighted by Gasteiger charge is 2.32. The number of nitrogens with one attached hydrogen (secondary N) is 1. The molecular weight excluding hydrogens is 474 g/mol. The van der Waals surface area contributed by atoms with Gasteiger partial charge in [0.25, 0.3) is 11.8 Å². The number of hydrazine groups is 1. The predicted octanol–water partition coefficient (Wildman–Crippen LogP) is 3.88. The van der Waals surface area contributed by atoms with Gasteiger partial charge in [-0.1, -0.05) is 30.3 Å². The Balaban J connectivity index is 1.56. The van der Waals surface area contributed by atoms with E-state index in [1.165, 1.54) is 11.3 Å². The van der Waals surface area contributed by atoms with Gasteiger partial charge in [-0.15, -0.1) is 11.3 Å². The van der Waals surface area contributed by atoms with Gasteiger partial charge in [-0.2, -0.15) is 0 Å². The number of carbonyl (C=O) groups excluding carboxylic acids is 2. The van der Waals surface area contributed by atoms with Crippen LogP contribution >= 0.6 is 11.3 Å².